The van der Waals surface area contributed by atoms with Crippen LogP contribution in [0.2, 0.25) is 0 Å². The highest BCUT2D eigenvalue weighted by Gasteiger charge is 2.27. The van der Waals surface area contributed by atoms with E-state index in [2.05, 4.69) is 98.9 Å². The van der Waals surface area contributed by atoms with Crippen LogP contribution in [0.4, 0.5) is 0 Å². The van der Waals surface area contributed by atoms with Crippen LogP contribution in [0.15, 0.2) is 85.1 Å². The van der Waals surface area contributed by atoms with E-state index in [-0.39, 0.29) is 32.0 Å². The summed E-state index contributed by atoms with van der Waals surface area (Å²) in [6.07, 6.45) is 76.7. The molecule has 0 saturated carbocycles. The highest BCUT2D eigenvalue weighted by atomic mass is 31.2. The highest BCUT2D eigenvalue weighted by molar-refractivity contribution is 7.47. The Morgan fingerprint density at radius 2 is 0.750 bits per heavy atom. The Balaban J connectivity index is 4.14. The van der Waals surface area contributed by atoms with Gasteiger partial charge in [0.25, 0.3) is 0 Å². The number of hydrogen-bond acceptors (Lipinski definition) is 7. The fourth-order valence-electron chi connectivity index (χ4n) is 8.60. The third-order valence-corrected chi connectivity index (χ3v) is 14.4. The summed E-state index contributed by atoms with van der Waals surface area (Å²) in [4.78, 5) is 35.7. The van der Waals surface area contributed by atoms with Gasteiger partial charge in [0.15, 0.2) is 6.10 Å². The average Bonchev–Trinajstić information content (AvgIpc) is 3.38. The Kier molecular flexibility index (Phi) is 54.8. The molecule has 0 amide bonds. The molecule has 0 aliphatic rings. The molecule has 9 nitrogen and oxygen atoms in total. The van der Waals surface area contributed by atoms with Gasteiger partial charge in [0.2, 0.25) is 0 Å². The predicted molar refractivity (Wildman–Crippen MR) is 325 cm³/mol. The first-order valence-corrected chi connectivity index (χ1v) is 32.8. The summed E-state index contributed by atoms with van der Waals surface area (Å²) in [6.45, 7) is 4.31. The molecule has 0 aromatic carbocycles. The fourth-order valence-corrected chi connectivity index (χ4v) is 9.34. The minimum Gasteiger partial charge on any atom is -0.462 e. The molecule has 0 bridgehead atoms. The number of quaternary nitrogens is 1. The van der Waals surface area contributed by atoms with E-state index in [0.717, 1.165) is 83.5 Å². The molecule has 1 N–H and O–H groups in total. The van der Waals surface area contributed by atoms with Gasteiger partial charge in [-0.2, -0.15) is 0 Å². The van der Waals surface area contributed by atoms with Crippen LogP contribution in [0, 0.1) is 0 Å². The van der Waals surface area contributed by atoms with Crippen LogP contribution in [0.5, 0.6) is 0 Å². The lowest BCUT2D eigenvalue weighted by molar-refractivity contribution is -0.870. The van der Waals surface area contributed by atoms with Crippen molar-refractivity contribution in [3.05, 3.63) is 85.1 Å². The first kappa shape index (κ1) is 73.2. The highest BCUT2D eigenvalue weighted by Crippen LogP contribution is 2.43. The molecule has 76 heavy (non-hydrogen) atoms. The number of unbranched alkanes of at least 4 members (excludes halogenated alkanes) is 29. The third kappa shape index (κ3) is 60.4. The average molecular weight is 1090 g/mol. The Morgan fingerprint density at radius 1 is 0.421 bits per heavy atom. The number of carbonyl (C=O) groups is 2. The molecule has 0 saturated heterocycles. The summed E-state index contributed by atoms with van der Waals surface area (Å²) >= 11 is 0. The maximum atomic E-state index is 12.8. The second-order valence-corrected chi connectivity index (χ2v) is 23.5. The van der Waals surface area contributed by atoms with Crippen molar-refractivity contribution in [2.45, 2.75) is 277 Å². The number of carbonyl (C=O) groups excluding carboxylic acids is 2. The smallest absolute Gasteiger partial charge is 0.462 e. The van der Waals surface area contributed by atoms with Gasteiger partial charge in [-0.3, -0.25) is 18.6 Å². The number of esters is 2. The van der Waals surface area contributed by atoms with Gasteiger partial charge in [-0.05, 0) is 89.9 Å². The lowest BCUT2D eigenvalue weighted by Crippen LogP contribution is -2.37. The Bertz CT molecular complexity index is 1560. The summed E-state index contributed by atoms with van der Waals surface area (Å²) in [7, 11) is 1.46. The number of nitrogens with zero attached hydrogens (tertiary/aromatic N) is 1. The molecule has 0 spiro atoms. The van der Waals surface area contributed by atoms with E-state index in [0.29, 0.717) is 17.4 Å². The van der Waals surface area contributed by atoms with Crippen molar-refractivity contribution in [1.29, 1.82) is 0 Å². The zero-order valence-electron chi connectivity index (χ0n) is 50.0. The molecular weight excluding hydrogens is 966 g/mol. The number of likely N-dealkylation sites (N-methyl/N-ethyl adjacent to an activating group) is 1. The molecule has 0 heterocycles. The number of ether oxygens (including phenoxy) is 2. The van der Waals surface area contributed by atoms with Crippen LogP contribution < -0.4 is 0 Å². The SMILES string of the molecule is CC/C=C\C/C=C\C/C=C\C/C=C\C/C=C\C/C=C\CCCCCCC(=O)OC(COC(=O)CCCCCCCCCCCCCCCCCCC/C=C\CCCCCCCCCC)COP(=O)(O)OCC[N+](C)(C)C. The number of allylic oxidation sites excluding steroid dienone is 14. The van der Waals surface area contributed by atoms with E-state index in [1.807, 2.05) is 21.1 Å². The molecule has 0 rings (SSSR count). The largest absolute Gasteiger partial charge is 0.472 e. The number of phosphoric acid groups is 1. The Morgan fingerprint density at radius 3 is 1.13 bits per heavy atom. The lowest BCUT2D eigenvalue weighted by Gasteiger charge is -2.24. The number of hydrogen-bond donors (Lipinski definition) is 1. The van der Waals surface area contributed by atoms with Crippen molar-refractivity contribution in [2.24, 2.45) is 0 Å². The Hall–Kier alpha value is -2.81. The third-order valence-electron chi connectivity index (χ3n) is 13.4. The van der Waals surface area contributed by atoms with Gasteiger partial charge in [0.1, 0.15) is 19.8 Å². The summed E-state index contributed by atoms with van der Waals surface area (Å²) < 4.78 is 34.6. The topological polar surface area (TPSA) is 108 Å². The summed E-state index contributed by atoms with van der Waals surface area (Å²) in [5, 5.41) is 0. The minimum atomic E-state index is -4.40. The monoisotopic (exact) mass is 1080 g/mol. The van der Waals surface area contributed by atoms with Gasteiger partial charge in [-0.25, -0.2) is 4.57 Å². The van der Waals surface area contributed by atoms with Gasteiger partial charge in [0.05, 0.1) is 27.7 Å². The van der Waals surface area contributed by atoms with Gasteiger partial charge < -0.3 is 18.9 Å². The van der Waals surface area contributed by atoms with Crippen LogP contribution in [0.25, 0.3) is 0 Å². The first-order chi connectivity index (χ1) is 37.0. The van der Waals surface area contributed by atoms with Crippen molar-refractivity contribution >= 4 is 19.8 Å². The summed E-state index contributed by atoms with van der Waals surface area (Å²) in [5.74, 6) is -0.822. The van der Waals surface area contributed by atoms with Gasteiger partial charge >= 0.3 is 19.8 Å². The molecule has 0 radical (unpaired) electrons. The summed E-state index contributed by atoms with van der Waals surface area (Å²) in [5.41, 5.74) is 0. The van der Waals surface area contributed by atoms with Gasteiger partial charge in [-0.15, -0.1) is 0 Å². The maximum absolute atomic E-state index is 12.8. The van der Waals surface area contributed by atoms with E-state index in [4.69, 9.17) is 18.5 Å². The first-order valence-electron chi connectivity index (χ1n) is 31.3. The minimum absolute atomic E-state index is 0.0232. The van der Waals surface area contributed by atoms with Crippen molar-refractivity contribution in [1.82, 2.24) is 0 Å². The second-order valence-electron chi connectivity index (χ2n) is 22.1. The maximum Gasteiger partial charge on any atom is 0.472 e. The zero-order chi connectivity index (χ0) is 55.6. The van der Waals surface area contributed by atoms with E-state index in [1.165, 1.54) is 154 Å². The summed E-state index contributed by atoms with van der Waals surface area (Å²) in [6, 6.07) is 0. The normalized spacial score (nSPS) is 13.8. The number of rotatable bonds is 57. The van der Waals surface area contributed by atoms with Crippen LogP contribution >= 0.6 is 7.82 Å². The molecule has 440 valence electrons. The van der Waals surface area contributed by atoms with Gasteiger partial charge in [-0.1, -0.05) is 253 Å². The fraction of sp³-hybridized carbons (Fsp3) is 0.758. The van der Waals surface area contributed by atoms with E-state index in [9.17, 15) is 19.0 Å². The molecule has 2 unspecified atom stereocenters. The molecule has 0 aliphatic heterocycles. The van der Waals surface area contributed by atoms with Crippen LogP contribution in [0.1, 0.15) is 271 Å². The standard InChI is InChI=1S/C66H118NO8P/c1-6-8-10-12-14-16-18-20-22-24-26-28-30-31-32-33-34-35-37-38-40-42-44-46-48-50-52-54-56-58-65(68)72-62-64(63-74-76(70,71)73-61-60-67(3,4)5)75-66(69)59-57-55-53-51-49-47-45-43-41-39-36-29-27-25-23-21-19-17-15-13-11-9-7-2/h9,11,15,17,21,23-24,26-27,29,39,41,45,47,64H,6-8,10,12-14,16,18-20,22,25,28,30-38,40,42-44,46,48-63H2,1-5H3/p+1/b11-9-,17-15-,23-21-,26-24-,29-27-,41-39-,47-45-. The van der Waals surface area contributed by atoms with Crippen LogP contribution in [-0.2, 0) is 32.7 Å². The molecular formula is C66H119NO8P+. The molecule has 0 aromatic heterocycles. The Labute approximate surface area is 469 Å². The van der Waals surface area contributed by atoms with Crippen LogP contribution in [-0.4, -0.2) is 74.9 Å². The predicted octanol–water partition coefficient (Wildman–Crippen LogP) is 19.8. The second kappa shape index (κ2) is 56.9. The zero-order valence-corrected chi connectivity index (χ0v) is 50.9. The van der Waals surface area contributed by atoms with Gasteiger partial charge in [0, 0.05) is 12.8 Å². The molecule has 0 aromatic rings. The van der Waals surface area contributed by atoms with Crippen molar-refractivity contribution in [3.8, 4) is 0 Å². The molecule has 10 heteroatoms. The molecule has 0 fully saturated rings. The lowest BCUT2D eigenvalue weighted by atomic mass is 10.0. The van der Waals surface area contributed by atoms with E-state index in [1.54, 1.807) is 0 Å². The quantitative estimate of drug-likeness (QED) is 0.0211. The van der Waals surface area contributed by atoms with Crippen molar-refractivity contribution in [3.63, 3.8) is 0 Å². The molecule has 2 atom stereocenters. The van der Waals surface area contributed by atoms with Crippen LogP contribution in [0.3, 0.4) is 0 Å². The molecule has 0 aliphatic carbocycles. The van der Waals surface area contributed by atoms with E-state index < -0.39 is 26.5 Å². The van der Waals surface area contributed by atoms with Crippen molar-refractivity contribution in [2.75, 3.05) is 47.5 Å². The van der Waals surface area contributed by atoms with E-state index >= 15 is 0 Å². The number of phosphoric ester groups is 1. The van der Waals surface area contributed by atoms with Crippen molar-refractivity contribution < 1.29 is 42.1 Å².